The van der Waals surface area contributed by atoms with Crippen molar-refractivity contribution in [3.8, 4) is 0 Å². The molecule has 4 heterocycles. The van der Waals surface area contributed by atoms with Gasteiger partial charge in [-0.1, -0.05) is 17.7 Å². The molecule has 0 saturated carbocycles. The Kier molecular flexibility index (Phi) is 4.08. The Hall–Kier alpha value is -1.90. The van der Waals surface area contributed by atoms with Gasteiger partial charge < -0.3 is 9.88 Å². The van der Waals surface area contributed by atoms with Crippen LogP contribution in [0.4, 0.5) is 13.2 Å². The van der Waals surface area contributed by atoms with Gasteiger partial charge >= 0.3 is 6.18 Å². The number of nitrogens with zero attached hydrogens (tertiary/aromatic N) is 4. The smallest absolute Gasteiger partial charge is 0.327 e. The van der Waals surface area contributed by atoms with Crippen LogP contribution in [0, 0.1) is 5.41 Å². The van der Waals surface area contributed by atoms with Crippen LogP contribution in [-0.2, 0) is 13.1 Å². The summed E-state index contributed by atoms with van der Waals surface area (Å²) in [4.78, 5) is 10.5. The maximum absolute atomic E-state index is 13.2. The maximum Gasteiger partial charge on any atom is 0.406 e. The minimum absolute atomic E-state index is 0.0333. The Morgan fingerprint density at radius 2 is 2.04 bits per heavy atom. The molecule has 0 atom stereocenters. The quantitative estimate of drug-likeness (QED) is 0.671. The van der Waals surface area contributed by atoms with Gasteiger partial charge in [-0.2, -0.15) is 13.2 Å². The average Bonchev–Trinajstić information content (AvgIpc) is 3.15. The van der Waals surface area contributed by atoms with E-state index in [2.05, 4.69) is 20.2 Å². The van der Waals surface area contributed by atoms with Crippen molar-refractivity contribution in [1.29, 1.82) is 0 Å². The van der Waals surface area contributed by atoms with Crippen LogP contribution in [0.3, 0.4) is 0 Å². The summed E-state index contributed by atoms with van der Waals surface area (Å²) < 4.78 is 40.6. The third-order valence-electron chi connectivity index (χ3n) is 5.92. The number of hydrogen-bond donors (Lipinski definition) is 1. The number of alkyl halides is 3. The van der Waals surface area contributed by atoms with Gasteiger partial charge in [0.2, 0.25) is 0 Å². The third-order valence-corrected chi connectivity index (χ3v) is 6.19. The molecular weight excluding hydrogens is 391 g/mol. The molecule has 0 bridgehead atoms. The second-order valence-corrected chi connectivity index (χ2v) is 8.34. The van der Waals surface area contributed by atoms with Crippen LogP contribution in [0.25, 0.3) is 21.9 Å². The fraction of sp³-hybridized carbons (Fsp3) is 0.474. The molecule has 0 aliphatic carbocycles. The second-order valence-electron chi connectivity index (χ2n) is 7.98. The molecule has 1 spiro atoms. The van der Waals surface area contributed by atoms with Crippen LogP contribution in [0.1, 0.15) is 12.0 Å². The number of likely N-dealkylation sites (tertiary alicyclic amines) is 1. The number of fused-ring (bicyclic) bond motifs is 3. The summed E-state index contributed by atoms with van der Waals surface area (Å²) >= 11 is 6.14. The highest BCUT2D eigenvalue weighted by atomic mass is 35.5. The van der Waals surface area contributed by atoms with Crippen molar-refractivity contribution in [2.75, 3.05) is 26.2 Å². The van der Waals surface area contributed by atoms with E-state index < -0.39 is 12.7 Å². The molecule has 1 aromatic carbocycles. The monoisotopic (exact) mass is 409 g/mol. The molecule has 2 aromatic heterocycles. The lowest BCUT2D eigenvalue weighted by molar-refractivity contribution is -0.139. The van der Waals surface area contributed by atoms with E-state index in [1.165, 1.54) is 17.3 Å². The van der Waals surface area contributed by atoms with Gasteiger partial charge in [0, 0.05) is 37.0 Å². The van der Waals surface area contributed by atoms with Crippen LogP contribution in [0.15, 0.2) is 24.5 Å². The normalized spacial score (nSPS) is 19.7. The topological polar surface area (TPSA) is 46.0 Å². The zero-order valence-electron chi connectivity index (χ0n) is 15.1. The molecule has 28 heavy (non-hydrogen) atoms. The van der Waals surface area contributed by atoms with E-state index in [9.17, 15) is 13.2 Å². The fourth-order valence-corrected chi connectivity index (χ4v) is 4.79. The molecule has 1 N–H and O–H groups in total. The predicted octanol–water partition coefficient (Wildman–Crippen LogP) is 3.60. The van der Waals surface area contributed by atoms with E-state index in [1.807, 2.05) is 12.1 Å². The van der Waals surface area contributed by atoms with E-state index in [-0.39, 0.29) is 10.7 Å². The average molecular weight is 410 g/mol. The lowest BCUT2D eigenvalue weighted by Gasteiger charge is -2.39. The maximum atomic E-state index is 13.2. The highest BCUT2D eigenvalue weighted by Crippen LogP contribution is 2.36. The summed E-state index contributed by atoms with van der Waals surface area (Å²) in [6.07, 6.45) is -1.88. The predicted molar refractivity (Wildman–Crippen MR) is 101 cm³/mol. The van der Waals surface area contributed by atoms with Crippen molar-refractivity contribution in [3.63, 3.8) is 0 Å². The summed E-state index contributed by atoms with van der Waals surface area (Å²) in [6, 6.07) is 5.59. The molecule has 148 valence electrons. The minimum Gasteiger partial charge on any atom is -0.327 e. The first-order chi connectivity index (χ1) is 13.3. The van der Waals surface area contributed by atoms with Gasteiger partial charge in [0.1, 0.15) is 23.9 Å². The molecule has 0 unspecified atom stereocenters. The summed E-state index contributed by atoms with van der Waals surface area (Å²) in [6.45, 7) is 3.90. The van der Waals surface area contributed by atoms with Crippen molar-refractivity contribution < 1.29 is 13.2 Å². The first-order valence-electron chi connectivity index (χ1n) is 9.25. The van der Waals surface area contributed by atoms with Gasteiger partial charge in [0.25, 0.3) is 0 Å². The van der Waals surface area contributed by atoms with Crippen molar-refractivity contribution in [1.82, 2.24) is 24.8 Å². The summed E-state index contributed by atoms with van der Waals surface area (Å²) in [5.41, 5.74) is 2.64. The minimum atomic E-state index is -4.36. The highest BCUT2D eigenvalue weighted by Gasteiger charge is 2.42. The molecule has 5 rings (SSSR count). The van der Waals surface area contributed by atoms with Gasteiger partial charge in [0.05, 0.1) is 5.52 Å². The van der Waals surface area contributed by atoms with Crippen molar-refractivity contribution in [2.45, 2.75) is 25.7 Å². The first kappa shape index (κ1) is 18.1. The lowest BCUT2D eigenvalue weighted by Crippen LogP contribution is -2.54. The molecule has 2 fully saturated rings. The molecule has 5 nitrogen and oxygen atoms in total. The van der Waals surface area contributed by atoms with E-state index >= 15 is 0 Å². The summed E-state index contributed by atoms with van der Waals surface area (Å²) in [7, 11) is 0. The Morgan fingerprint density at radius 1 is 1.21 bits per heavy atom. The molecule has 3 aromatic rings. The molecule has 9 heteroatoms. The SMILES string of the molecule is FC(F)(F)Cn1c2ccc(CN3CCC4(CNC4)C3)cc2c2ncnc(Cl)c21. The number of benzene rings is 1. The fourth-order valence-electron chi connectivity index (χ4n) is 4.55. The van der Waals surface area contributed by atoms with Crippen molar-refractivity contribution in [2.24, 2.45) is 5.41 Å². The van der Waals surface area contributed by atoms with Gasteiger partial charge in [-0.3, -0.25) is 4.90 Å². The Morgan fingerprint density at radius 3 is 2.71 bits per heavy atom. The molecule has 2 aliphatic rings. The summed E-state index contributed by atoms with van der Waals surface area (Å²) in [5, 5.41) is 4.07. The van der Waals surface area contributed by atoms with Gasteiger partial charge in [-0.25, -0.2) is 9.97 Å². The highest BCUT2D eigenvalue weighted by molar-refractivity contribution is 6.34. The number of rotatable bonds is 3. The molecule has 0 amide bonds. The Bertz CT molecular complexity index is 1060. The molecule has 2 saturated heterocycles. The van der Waals surface area contributed by atoms with Crippen LogP contribution < -0.4 is 5.32 Å². The second kappa shape index (κ2) is 6.30. The summed E-state index contributed by atoms with van der Waals surface area (Å²) in [5.74, 6) is 0. The van der Waals surface area contributed by atoms with Crippen LogP contribution in [0.5, 0.6) is 0 Å². The molecule has 0 radical (unpaired) electrons. The van der Waals surface area contributed by atoms with Crippen LogP contribution in [0.2, 0.25) is 5.15 Å². The Labute approximate surface area is 164 Å². The largest absolute Gasteiger partial charge is 0.406 e. The molecule has 2 aliphatic heterocycles. The third kappa shape index (κ3) is 3.03. The van der Waals surface area contributed by atoms with Gasteiger partial charge in [0.15, 0.2) is 5.15 Å². The molecular formula is C19H19ClF3N5. The van der Waals surface area contributed by atoms with Gasteiger partial charge in [-0.05, 0) is 30.7 Å². The van der Waals surface area contributed by atoms with E-state index in [0.29, 0.717) is 21.8 Å². The first-order valence-corrected chi connectivity index (χ1v) is 9.63. The van der Waals surface area contributed by atoms with Crippen LogP contribution in [-0.4, -0.2) is 51.8 Å². The number of aromatic nitrogens is 3. The van der Waals surface area contributed by atoms with E-state index in [4.69, 9.17) is 11.6 Å². The number of nitrogens with one attached hydrogen (secondary N) is 1. The zero-order valence-corrected chi connectivity index (χ0v) is 15.8. The Balaban J connectivity index is 1.54. The zero-order chi connectivity index (χ0) is 19.5. The number of hydrogen-bond acceptors (Lipinski definition) is 4. The van der Waals surface area contributed by atoms with Crippen molar-refractivity contribution >= 4 is 33.5 Å². The number of halogens is 4. The van der Waals surface area contributed by atoms with Crippen LogP contribution >= 0.6 is 11.6 Å². The van der Waals surface area contributed by atoms with E-state index in [0.717, 1.165) is 38.3 Å². The lowest BCUT2D eigenvalue weighted by atomic mass is 9.81. The van der Waals surface area contributed by atoms with Gasteiger partial charge in [-0.15, -0.1) is 0 Å². The van der Waals surface area contributed by atoms with E-state index in [1.54, 1.807) is 6.07 Å². The van der Waals surface area contributed by atoms with Crippen molar-refractivity contribution in [3.05, 3.63) is 35.2 Å². The standard InChI is InChI=1S/C19H19ClF3N5/c20-17-16-15(25-11-26-17)13-5-12(1-2-14(13)28(16)10-19(21,22)23)6-27-4-3-18(9-27)7-24-8-18/h1-2,5,11,24H,3-4,6-10H2.